The number of nitrogens with zero attached hydrogens (tertiary/aromatic N) is 2. The molecule has 7 heteroatoms. The van der Waals surface area contributed by atoms with E-state index in [-0.39, 0.29) is 11.7 Å². The highest BCUT2D eigenvalue weighted by Crippen LogP contribution is 2.27. The lowest BCUT2D eigenvalue weighted by Crippen LogP contribution is -2.05. The van der Waals surface area contributed by atoms with Crippen molar-refractivity contribution in [3.05, 3.63) is 35.2 Å². The number of carbonyl (C=O) groups is 1. The van der Waals surface area contributed by atoms with E-state index in [1.54, 1.807) is 12.1 Å². The van der Waals surface area contributed by atoms with Crippen molar-refractivity contribution in [1.82, 2.24) is 10.2 Å². The van der Waals surface area contributed by atoms with Gasteiger partial charge in [-0.2, -0.15) is 0 Å². The van der Waals surface area contributed by atoms with Crippen LogP contribution in [0.15, 0.2) is 28.7 Å². The van der Waals surface area contributed by atoms with Gasteiger partial charge in [0.2, 0.25) is 11.8 Å². The summed E-state index contributed by atoms with van der Waals surface area (Å²) < 4.78 is 5.53. The molecule has 0 saturated heterocycles. The smallest absolute Gasteiger partial charge is 0.304 e. The minimum atomic E-state index is -0.813. The fourth-order valence-electron chi connectivity index (χ4n) is 1.57. The lowest BCUT2D eigenvalue weighted by molar-refractivity contribution is -0.136. The second-order valence-electron chi connectivity index (χ2n) is 4.20. The molecule has 0 amide bonds. The van der Waals surface area contributed by atoms with Gasteiger partial charge in [0.25, 0.3) is 0 Å². The van der Waals surface area contributed by atoms with Crippen LogP contribution in [0.3, 0.4) is 0 Å². The lowest BCUT2D eigenvalue weighted by atomic mass is 10.2. The fraction of sp³-hybridized carbons (Fsp3) is 0.308. The van der Waals surface area contributed by atoms with Crippen molar-refractivity contribution in [3.63, 3.8) is 0 Å². The van der Waals surface area contributed by atoms with Crippen LogP contribution < -0.4 is 0 Å². The van der Waals surface area contributed by atoms with Gasteiger partial charge in [-0.1, -0.05) is 30.7 Å². The fourth-order valence-corrected chi connectivity index (χ4v) is 2.59. The number of rotatable bonds is 6. The number of halogens is 1. The quantitative estimate of drug-likeness (QED) is 0.880. The highest BCUT2D eigenvalue weighted by molar-refractivity contribution is 7.99. The summed E-state index contributed by atoms with van der Waals surface area (Å²) >= 11 is 7.52. The van der Waals surface area contributed by atoms with E-state index in [0.29, 0.717) is 28.1 Å². The highest BCUT2D eigenvalue weighted by atomic mass is 35.5. The Labute approximate surface area is 125 Å². The first-order chi connectivity index (χ1) is 9.56. The van der Waals surface area contributed by atoms with Crippen LogP contribution in [0, 0.1) is 0 Å². The van der Waals surface area contributed by atoms with E-state index >= 15 is 0 Å². The van der Waals surface area contributed by atoms with Crippen molar-refractivity contribution in [2.75, 3.05) is 0 Å². The second kappa shape index (κ2) is 6.76. The molecule has 0 aliphatic carbocycles. The van der Waals surface area contributed by atoms with Crippen LogP contribution in [0.1, 0.15) is 19.2 Å². The molecule has 0 aliphatic rings. The molecular formula is C13H13ClN2O3S. The third-order valence-corrected chi connectivity index (χ3v) is 4.00. The second-order valence-corrected chi connectivity index (χ2v) is 6.03. The SMILES string of the molecule is CC(CC(=O)O)SCc1nnc(-c2ccccc2Cl)o1. The van der Waals surface area contributed by atoms with Crippen LogP contribution in [-0.2, 0) is 10.5 Å². The molecule has 0 aliphatic heterocycles. The predicted molar refractivity (Wildman–Crippen MR) is 77.8 cm³/mol. The van der Waals surface area contributed by atoms with Gasteiger partial charge in [0.05, 0.1) is 22.8 Å². The Balaban J connectivity index is 1.99. The van der Waals surface area contributed by atoms with Crippen molar-refractivity contribution in [2.45, 2.75) is 24.3 Å². The minimum Gasteiger partial charge on any atom is -0.481 e. The number of hydrogen-bond donors (Lipinski definition) is 1. The Bertz CT molecular complexity index is 603. The third kappa shape index (κ3) is 3.98. The maximum Gasteiger partial charge on any atom is 0.304 e. The summed E-state index contributed by atoms with van der Waals surface area (Å²) in [6.07, 6.45) is 0.107. The Hall–Kier alpha value is -1.53. The molecular weight excluding hydrogens is 300 g/mol. The number of thioether (sulfide) groups is 1. The predicted octanol–water partition coefficient (Wildman–Crippen LogP) is 3.49. The molecule has 106 valence electrons. The zero-order valence-electron chi connectivity index (χ0n) is 10.7. The van der Waals surface area contributed by atoms with Crippen molar-refractivity contribution in [1.29, 1.82) is 0 Å². The van der Waals surface area contributed by atoms with Crippen LogP contribution in [0.2, 0.25) is 5.02 Å². The van der Waals surface area contributed by atoms with Gasteiger partial charge in [-0.15, -0.1) is 22.0 Å². The van der Waals surface area contributed by atoms with Crippen molar-refractivity contribution >= 4 is 29.3 Å². The van der Waals surface area contributed by atoms with Crippen molar-refractivity contribution in [3.8, 4) is 11.5 Å². The number of aromatic nitrogens is 2. The molecule has 0 fully saturated rings. The zero-order chi connectivity index (χ0) is 14.5. The summed E-state index contributed by atoms with van der Waals surface area (Å²) in [6, 6.07) is 7.23. The molecule has 0 saturated carbocycles. The van der Waals surface area contributed by atoms with Gasteiger partial charge in [-0.05, 0) is 12.1 Å². The maximum atomic E-state index is 10.6. The van der Waals surface area contributed by atoms with Gasteiger partial charge in [-0.25, -0.2) is 0 Å². The summed E-state index contributed by atoms with van der Waals surface area (Å²) in [4.78, 5) is 10.6. The Morgan fingerprint density at radius 2 is 2.20 bits per heavy atom. The molecule has 2 rings (SSSR count). The molecule has 1 N–H and O–H groups in total. The first-order valence-electron chi connectivity index (χ1n) is 5.97. The van der Waals surface area contributed by atoms with Crippen LogP contribution in [0.4, 0.5) is 0 Å². The van der Waals surface area contributed by atoms with E-state index in [4.69, 9.17) is 21.1 Å². The van der Waals surface area contributed by atoms with Gasteiger partial charge in [0, 0.05) is 5.25 Å². The molecule has 0 spiro atoms. The van der Waals surface area contributed by atoms with E-state index in [1.165, 1.54) is 11.8 Å². The first-order valence-corrected chi connectivity index (χ1v) is 7.39. The van der Waals surface area contributed by atoms with E-state index in [1.807, 2.05) is 19.1 Å². The first kappa shape index (κ1) is 14.9. The standard InChI is InChI=1S/C13H13ClN2O3S/c1-8(6-12(17)18)20-7-11-15-16-13(19-11)9-4-2-3-5-10(9)14/h2-5,8H,6-7H2,1H3,(H,17,18). The minimum absolute atomic E-state index is 0.0110. The third-order valence-electron chi connectivity index (χ3n) is 2.52. The molecule has 5 nitrogen and oxygen atoms in total. The highest BCUT2D eigenvalue weighted by Gasteiger charge is 2.13. The Morgan fingerprint density at radius 1 is 1.45 bits per heavy atom. The molecule has 0 radical (unpaired) electrons. The van der Waals surface area contributed by atoms with E-state index in [2.05, 4.69) is 10.2 Å². The maximum absolute atomic E-state index is 10.6. The number of aliphatic carboxylic acids is 1. The van der Waals surface area contributed by atoms with E-state index in [0.717, 1.165) is 0 Å². The molecule has 1 aromatic carbocycles. The summed E-state index contributed by atoms with van der Waals surface area (Å²) in [5.74, 6) is 0.498. The van der Waals surface area contributed by atoms with Crippen LogP contribution >= 0.6 is 23.4 Å². The van der Waals surface area contributed by atoms with E-state index < -0.39 is 5.97 Å². The largest absolute Gasteiger partial charge is 0.481 e. The molecule has 1 unspecified atom stereocenters. The van der Waals surface area contributed by atoms with Crippen LogP contribution in [0.25, 0.3) is 11.5 Å². The van der Waals surface area contributed by atoms with E-state index in [9.17, 15) is 4.79 Å². The molecule has 1 atom stereocenters. The summed E-state index contributed by atoms with van der Waals surface area (Å²) in [6.45, 7) is 1.85. The number of carboxylic acids is 1. The average Bonchev–Trinajstić information content (AvgIpc) is 2.85. The summed E-state index contributed by atoms with van der Waals surface area (Å²) in [5.41, 5.74) is 0.691. The lowest BCUT2D eigenvalue weighted by Gasteiger charge is -2.05. The Morgan fingerprint density at radius 3 is 2.90 bits per heavy atom. The van der Waals surface area contributed by atoms with Gasteiger partial charge < -0.3 is 9.52 Å². The van der Waals surface area contributed by atoms with Gasteiger partial charge >= 0.3 is 5.97 Å². The number of hydrogen-bond acceptors (Lipinski definition) is 5. The monoisotopic (exact) mass is 312 g/mol. The molecule has 2 aromatic rings. The summed E-state index contributed by atoms with van der Waals surface area (Å²) in [7, 11) is 0. The normalized spacial score (nSPS) is 12.3. The van der Waals surface area contributed by atoms with Crippen LogP contribution in [0.5, 0.6) is 0 Å². The number of carboxylic acid groups (broad SMARTS) is 1. The molecule has 0 bridgehead atoms. The van der Waals surface area contributed by atoms with Gasteiger partial charge in [0.15, 0.2) is 0 Å². The van der Waals surface area contributed by atoms with Gasteiger partial charge in [-0.3, -0.25) is 4.79 Å². The molecule has 20 heavy (non-hydrogen) atoms. The van der Waals surface area contributed by atoms with Crippen LogP contribution in [-0.4, -0.2) is 26.5 Å². The van der Waals surface area contributed by atoms with Gasteiger partial charge in [0.1, 0.15) is 0 Å². The topological polar surface area (TPSA) is 76.2 Å². The summed E-state index contributed by atoms with van der Waals surface area (Å²) in [5, 5.41) is 17.1. The van der Waals surface area contributed by atoms with Crippen molar-refractivity contribution in [2.24, 2.45) is 0 Å². The molecule has 1 aromatic heterocycles. The number of benzene rings is 1. The van der Waals surface area contributed by atoms with Crippen molar-refractivity contribution < 1.29 is 14.3 Å². The zero-order valence-corrected chi connectivity index (χ0v) is 12.3. The molecule has 1 heterocycles. The average molecular weight is 313 g/mol. The Kier molecular flexibility index (Phi) is 5.03.